The predicted octanol–water partition coefficient (Wildman–Crippen LogP) is 5.36. The molecule has 0 fully saturated rings. The van der Waals surface area contributed by atoms with E-state index in [1.807, 2.05) is 32.0 Å². The minimum absolute atomic E-state index is 0.238. The summed E-state index contributed by atoms with van der Waals surface area (Å²) in [5.74, 6) is 1.14. The summed E-state index contributed by atoms with van der Waals surface area (Å²) >= 11 is 0. The fourth-order valence-corrected chi connectivity index (χ4v) is 3.58. The lowest BCUT2D eigenvalue weighted by Crippen LogP contribution is -2.28. The highest BCUT2D eigenvalue weighted by atomic mass is 19.1. The second-order valence-electron chi connectivity index (χ2n) is 7.73. The van der Waals surface area contributed by atoms with Gasteiger partial charge in [-0.2, -0.15) is 0 Å². The molecule has 2 aromatic carbocycles. The third-order valence-corrected chi connectivity index (χ3v) is 5.47. The molecule has 3 rings (SSSR count). The lowest BCUT2D eigenvalue weighted by Gasteiger charge is -2.17. The van der Waals surface area contributed by atoms with Crippen LogP contribution in [0.4, 0.5) is 4.39 Å². The van der Waals surface area contributed by atoms with Crippen molar-refractivity contribution in [2.24, 2.45) is 0 Å². The number of aryl methyl sites for hydroxylation is 3. The van der Waals surface area contributed by atoms with Gasteiger partial charge in [-0.25, -0.2) is 14.2 Å². The molecule has 1 aromatic heterocycles. The van der Waals surface area contributed by atoms with Crippen LogP contribution < -0.4 is 4.74 Å². The maximum Gasteiger partial charge on any atom is 0.335 e. The maximum atomic E-state index is 13.6. The first-order valence-corrected chi connectivity index (χ1v) is 11.0. The van der Waals surface area contributed by atoms with E-state index in [2.05, 4.69) is 11.9 Å². The van der Waals surface area contributed by atoms with E-state index in [1.54, 1.807) is 19.1 Å². The Balaban J connectivity index is 1.72. The summed E-state index contributed by atoms with van der Waals surface area (Å²) in [5, 5.41) is 0. The maximum absolute atomic E-state index is 13.6. The van der Waals surface area contributed by atoms with Gasteiger partial charge in [-0.3, -0.25) is 0 Å². The van der Waals surface area contributed by atoms with Crippen LogP contribution in [0.25, 0.3) is 11.5 Å². The molecule has 0 saturated carbocycles. The van der Waals surface area contributed by atoms with Crippen molar-refractivity contribution in [3.63, 3.8) is 0 Å². The van der Waals surface area contributed by atoms with E-state index in [1.165, 1.54) is 13.2 Å². The number of hydrogen-bond donors (Lipinski definition) is 0. The van der Waals surface area contributed by atoms with Gasteiger partial charge >= 0.3 is 5.97 Å². The van der Waals surface area contributed by atoms with Crippen molar-refractivity contribution < 1.29 is 27.8 Å². The number of methoxy groups -OCH3 is 1. The smallest absolute Gasteiger partial charge is 0.335 e. The van der Waals surface area contributed by atoms with Gasteiger partial charge in [0.15, 0.2) is 6.10 Å². The molecule has 0 spiro atoms. The molecule has 0 amide bonds. The number of hydrogen-bond acceptors (Lipinski definition) is 6. The molecule has 0 radical (unpaired) electrons. The number of carbonyl (C=O) groups excluding carboxylic acids is 1. The quantitative estimate of drug-likeness (QED) is 0.383. The van der Waals surface area contributed by atoms with Gasteiger partial charge < -0.3 is 18.6 Å². The van der Waals surface area contributed by atoms with E-state index in [9.17, 15) is 9.18 Å². The number of halogens is 1. The second-order valence-corrected chi connectivity index (χ2v) is 7.73. The summed E-state index contributed by atoms with van der Waals surface area (Å²) < 4.78 is 35.7. The summed E-state index contributed by atoms with van der Waals surface area (Å²) in [7, 11) is 1.36. The molecule has 1 atom stereocenters. The van der Waals surface area contributed by atoms with Crippen LogP contribution in [-0.2, 0) is 33.7 Å². The zero-order chi connectivity index (χ0) is 24.0. The van der Waals surface area contributed by atoms with Crippen molar-refractivity contribution in [2.45, 2.75) is 53.2 Å². The van der Waals surface area contributed by atoms with Crippen molar-refractivity contribution >= 4 is 5.97 Å². The number of carbonyl (C=O) groups is 1. The van der Waals surface area contributed by atoms with Gasteiger partial charge in [0.2, 0.25) is 5.89 Å². The lowest BCUT2D eigenvalue weighted by molar-refractivity contribution is -0.153. The predicted molar refractivity (Wildman–Crippen MR) is 123 cm³/mol. The molecule has 0 saturated heterocycles. The van der Waals surface area contributed by atoms with Crippen LogP contribution in [0, 0.1) is 19.7 Å². The van der Waals surface area contributed by atoms with Gasteiger partial charge in [-0.15, -0.1) is 0 Å². The molecule has 1 heterocycles. The second kappa shape index (κ2) is 11.1. The van der Waals surface area contributed by atoms with Crippen LogP contribution in [0.2, 0.25) is 0 Å². The highest BCUT2D eigenvalue weighted by molar-refractivity contribution is 5.75. The number of esters is 1. The fraction of sp³-hybridized carbons (Fsp3) is 0.385. The van der Waals surface area contributed by atoms with Gasteiger partial charge in [0.1, 0.15) is 29.6 Å². The van der Waals surface area contributed by atoms with Crippen LogP contribution in [0.1, 0.15) is 42.0 Å². The van der Waals surface area contributed by atoms with Crippen molar-refractivity contribution in [3.8, 4) is 17.2 Å². The fourth-order valence-electron chi connectivity index (χ4n) is 3.58. The van der Waals surface area contributed by atoms with Gasteiger partial charge in [0, 0.05) is 18.6 Å². The Kier molecular flexibility index (Phi) is 8.22. The Morgan fingerprint density at radius 2 is 1.91 bits per heavy atom. The van der Waals surface area contributed by atoms with Crippen LogP contribution in [0.3, 0.4) is 0 Å². The first kappa shape index (κ1) is 24.5. The number of nitrogens with zero attached hydrogens (tertiary/aromatic N) is 1. The average molecular weight is 456 g/mol. The third-order valence-electron chi connectivity index (χ3n) is 5.47. The zero-order valence-electron chi connectivity index (χ0n) is 19.7. The summed E-state index contributed by atoms with van der Waals surface area (Å²) in [4.78, 5) is 16.5. The zero-order valence-corrected chi connectivity index (χ0v) is 19.7. The van der Waals surface area contributed by atoms with E-state index in [-0.39, 0.29) is 18.4 Å². The van der Waals surface area contributed by atoms with Crippen LogP contribution in [0.5, 0.6) is 5.75 Å². The summed E-state index contributed by atoms with van der Waals surface area (Å²) in [6, 6.07) is 10.6. The van der Waals surface area contributed by atoms with Crippen molar-refractivity contribution in [3.05, 3.63) is 70.4 Å². The summed E-state index contributed by atoms with van der Waals surface area (Å²) in [6.45, 7) is 8.10. The number of rotatable bonds is 10. The van der Waals surface area contributed by atoms with E-state index >= 15 is 0 Å². The molecule has 176 valence electrons. The molecular formula is C26H30FNO5. The third kappa shape index (κ3) is 5.99. The van der Waals surface area contributed by atoms with Gasteiger partial charge in [-0.1, -0.05) is 13.0 Å². The van der Waals surface area contributed by atoms with Gasteiger partial charge in [-0.05, 0) is 74.2 Å². The summed E-state index contributed by atoms with van der Waals surface area (Å²) in [6.07, 6.45) is 0.583. The van der Waals surface area contributed by atoms with Crippen molar-refractivity contribution in [1.82, 2.24) is 4.98 Å². The van der Waals surface area contributed by atoms with E-state index in [0.29, 0.717) is 41.7 Å². The molecule has 0 aliphatic rings. The molecule has 33 heavy (non-hydrogen) atoms. The van der Waals surface area contributed by atoms with Gasteiger partial charge in [0.05, 0.1) is 7.11 Å². The largest absolute Gasteiger partial charge is 0.487 e. The Bertz CT molecular complexity index is 1110. The minimum atomic E-state index is -0.636. The van der Waals surface area contributed by atoms with E-state index < -0.39 is 6.10 Å². The van der Waals surface area contributed by atoms with E-state index in [4.69, 9.17) is 18.6 Å². The highest BCUT2D eigenvalue weighted by Gasteiger charge is 2.21. The number of aromatic nitrogens is 1. The van der Waals surface area contributed by atoms with Crippen molar-refractivity contribution in [1.29, 1.82) is 0 Å². The molecule has 0 aliphatic heterocycles. The lowest BCUT2D eigenvalue weighted by atomic mass is 9.99. The Morgan fingerprint density at radius 1 is 1.12 bits per heavy atom. The molecule has 0 aliphatic carbocycles. The minimum Gasteiger partial charge on any atom is -0.487 e. The number of oxazole rings is 1. The van der Waals surface area contributed by atoms with E-state index in [0.717, 1.165) is 23.1 Å². The SMILES string of the molecule is CCOC(Cc1ccc(OCc2nc(-c3ccc(F)c(C)c3)oc2C)cc1CC)C(=O)OC. The van der Waals surface area contributed by atoms with Crippen molar-refractivity contribution in [2.75, 3.05) is 13.7 Å². The Labute approximate surface area is 193 Å². The van der Waals surface area contributed by atoms with Crippen LogP contribution >= 0.6 is 0 Å². The molecule has 1 unspecified atom stereocenters. The monoisotopic (exact) mass is 455 g/mol. The van der Waals surface area contributed by atoms with Crippen LogP contribution in [-0.4, -0.2) is 30.8 Å². The molecular weight excluding hydrogens is 425 g/mol. The Morgan fingerprint density at radius 3 is 2.58 bits per heavy atom. The molecule has 3 aromatic rings. The normalized spacial score (nSPS) is 11.9. The first-order chi connectivity index (χ1) is 15.9. The molecule has 7 heteroatoms. The summed E-state index contributed by atoms with van der Waals surface area (Å²) in [5.41, 5.74) is 4.01. The molecule has 0 N–H and O–H groups in total. The average Bonchev–Trinajstić information content (AvgIpc) is 3.19. The van der Waals surface area contributed by atoms with Crippen LogP contribution in [0.15, 0.2) is 40.8 Å². The molecule has 0 bridgehead atoms. The Hall–Kier alpha value is -3.19. The highest BCUT2D eigenvalue weighted by Crippen LogP contribution is 2.26. The van der Waals surface area contributed by atoms with Gasteiger partial charge in [0.25, 0.3) is 0 Å². The standard InChI is InChI=1S/C26H30FNO5/c1-6-18-13-21(10-8-19(18)14-24(31-7-2)26(29)30-5)32-15-23-17(4)33-25(28-23)20-9-11-22(27)16(3)12-20/h8-13,24H,6-7,14-15H2,1-5H3. The topological polar surface area (TPSA) is 70.8 Å². The number of ether oxygens (including phenoxy) is 3. The molecule has 6 nitrogen and oxygen atoms in total. The first-order valence-electron chi connectivity index (χ1n) is 11.0. The number of benzene rings is 2.